The zero-order valence-electron chi connectivity index (χ0n) is 18.8. The van der Waals surface area contributed by atoms with Crippen LogP contribution < -0.4 is 5.32 Å². The van der Waals surface area contributed by atoms with E-state index in [0.29, 0.717) is 37.6 Å². The van der Waals surface area contributed by atoms with Gasteiger partial charge in [0.1, 0.15) is 11.6 Å². The van der Waals surface area contributed by atoms with E-state index in [9.17, 15) is 14.0 Å². The van der Waals surface area contributed by atoms with Crippen molar-refractivity contribution in [2.45, 2.75) is 38.6 Å². The average Bonchev–Trinajstić information content (AvgIpc) is 3.30. The zero-order chi connectivity index (χ0) is 22.7. The van der Waals surface area contributed by atoms with E-state index in [1.165, 1.54) is 12.1 Å². The van der Waals surface area contributed by atoms with Gasteiger partial charge in [0, 0.05) is 39.1 Å². The molecule has 1 spiro atoms. The molecule has 2 aromatic rings. The van der Waals surface area contributed by atoms with E-state index in [1.807, 2.05) is 28.5 Å². The summed E-state index contributed by atoms with van der Waals surface area (Å²) >= 11 is 0. The van der Waals surface area contributed by atoms with Crippen LogP contribution in [0.25, 0.3) is 0 Å². The summed E-state index contributed by atoms with van der Waals surface area (Å²) in [6, 6.07) is 6.24. The van der Waals surface area contributed by atoms with Crippen LogP contribution in [-0.2, 0) is 24.2 Å². The standard InChI is InChI=1S/C23H31FN6O2/c1-28(2)13-10-25-22(32)21-27-26-19-6-7-23(9-12-30(19)21)8-11-29(16-23)20(31)15-17-4-3-5-18(24)14-17/h3-5,14H,6-13,15-16H2,1-2H3,(H,25,32)/t23-/m1/s1. The van der Waals surface area contributed by atoms with Gasteiger partial charge < -0.3 is 19.7 Å². The zero-order valence-corrected chi connectivity index (χ0v) is 18.8. The highest BCUT2D eigenvalue weighted by Gasteiger charge is 2.41. The molecule has 32 heavy (non-hydrogen) atoms. The Morgan fingerprint density at radius 3 is 2.78 bits per heavy atom. The maximum Gasteiger partial charge on any atom is 0.289 e. The van der Waals surface area contributed by atoms with Crippen LogP contribution >= 0.6 is 0 Å². The van der Waals surface area contributed by atoms with Crippen molar-refractivity contribution in [2.24, 2.45) is 5.41 Å². The third-order valence-corrected chi connectivity index (χ3v) is 6.66. The molecule has 1 aromatic carbocycles. The second-order valence-corrected chi connectivity index (χ2v) is 9.27. The lowest BCUT2D eigenvalue weighted by molar-refractivity contribution is -0.129. The summed E-state index contributed by atoms with van der Waals surface area (Å²) in [5.74, 6) is 0.732. The topological polar surface area (TPSA) is 83.4 Å². The summed E-state index contributed by atoms with van der Waals surface area (Å²) in [5, 5.41) is 11.3. The highest BCUT2D eigenvalue weighted by atomic mass is 19.1. The number of halogens is 1. The molecule has 0 bridgehead atoms. The van der Waals surface area contributed by atoms with Gasteiger partial charge in [-0.15, -0.1) is 10.2 Å². The van der Waals surface area contributed by atoms with Gasteiger partial charge in [-0.3, -0.25) is 9.59 Å². The maximum absolute atomic E-state index is 13.4. The molecule has 0 radical (unpaired) electrons. The molecule has 4 rings (SSSR count). The second-order valence-electron chi connectivity index (χ2n) is 9.27. The Morgan fingerprint density at radius 1 is 1.19 bits per heavy atom. The first-order valence-corrected chi connectivity index (χ1v) is 11.2. The first-order chi connectivity index (χ1) is 15.3. The van der Waals surface area contributed by atoms with Gasteiger partial charge in [0.15, 0.2) is 0 Å². The Morgan fingerprint density at radius 2 is 2.00 bits per heavy atom. The molecule has 3 heterocycles. The van der Waals surface area contributed by atoms with Crippen molar-refractivity contribution in [1.82, 2.24) is 29.9 Å². The van der Waals surface area contributed by atoms with Crippen molar-refractivity contribution in [1.29, 1.82) is 0 Å². The highest BCUT2D eigenvalue weighted by molar-refractivity contribution is 5.90. The van der Waals surface area contributed by atoms with Crippen LogP contribution in [0.3, 0.4) is 0 Å². The summed E-state index contributed by atoms with van der Waals surface area (Å²) in [7, 11) is 3.92. The molecule has 0 saturated carbocycles. The second kappa shape index (κ2) is 9.36. The van der Waals surface area contributed by atoms with Gasteiger partial charge in [0.05, 0.1) is 6.42 Å². The van der Waals surface area contributed by atoms with Crippen LogP contribution in [0.4, 0.5) is 4.39 Å². The van der Waals surface area contributed by atoms with Gasteiger partial charge in [0.25, 0.3) is 5.91 Å². The minimum atomic E-state index is -0.318. The van der Waals surface area contributed by atoms with Crippen LogP contribution in [-0.4, -0.2) is 76.7 Å². The Labute approximate surface area is 187 Å². The largest absolute Gasteiger partial charge is 0.348 e. The lowest BCUT2D eigenvalue weighted by Crippen LogP contribution is -2.34. The number of likely N-dealkylation sites (tertiary alicyclic amines) is 1. The molecule has 2 aliphatic rings. The van der Waals surface area contributed by atoms with E-state index in [0.717, 1.165) is 38.1 Å². The van der Waals surface area contributed by atoms with Crippen molar-refractivity contribution >= 4 is 11.8 Å². The fraction of sp³-hybridized carbons (Fsp3) is 0.565. The number of hydrogen-bond acceptors (Lipinski definition) is 5. The van der Waals surface area contributed by atoms with Crippen LogP contribution in [0, 0.1) is 11.2 Å². The smallest absolute Gasteiger partial charge is 0.289 e. The van der Waals surface area contributed by atoms with Crippen molar-refractivity contribution in [3.63, 3.8) is 0 Å². The molecule has 172 valence electrons. The number of aryl methyl sites for hydroxylation is 1. The molecule has 1 fully saturated rings. The number of benzene rings is 1. The SMILES string of the molecule is CN(C)CCNC(=O)c1nnc2n1CC[C@@]1(CC2)CCN(C(=O)Cc2cccc(F)c2)C1. The van der Waals surface area contributed by atoms with Gasteiger partial charge in [-0.2, -0.15) is 0 Å². The monoisotopic (exact) mass is 442 g/mol. The maximum atomic E-state index is 13.4. The highest BCUT2D eigenvalue weighted by Crippen LogP contribution is 2.41. The minimum absolute atomic E-state index is 0.0248. The molecule has 2 amide bonds. The van der Waals surface area contributed by atoms with Crippen molar-refractivity contribution in [3.8, 4) is 0 Å². The molecule has 1 aromatic heterocycles. The predicted octanol–water partition coefficient (Wildman–Crippen LogP) is 1.51. The number of carbonyl (C=O) groups excluding carboxylic acids is 2. The summed E-state index contributed by atoms with van der Waals surface area (Å²) in [6.45, 7) is 3.40. The third kappa shape index (κ3) is 4.98. The Balaban J connectivity index is 1.37. The van der Waals surface area contributed by atoms with Gasteiger partial charge in [-0.05, 0) is 56.5 Å². The van der Waals surface area contributed by atoms with Crippen molar-refractivity contribution < 1.29 is 14.0 Å². The summed E-state index contributed by atoms with van der Waals surface area (Å²) in [4.78, 5) is 29.3. The molecular formula is C23H31FN6O2. The van der Waals surface area contributed by atoms with E-state index in [-0.39, 0.29) is 29.5 Å². The normalized spacial score (nSPS) is 20.4. The molecule has 8 nitrogen and oxygen atoms in total. The number of rotatable bonds is 6. The fourth-order valence-electron chi connectivity index (χ4n) is 4.74. The van der Waals surface area contributed by atoms with Crippen LogP contribution in [0.5, 0.6) is 0 Å². The van der Waals surface area contributed by atoms with Gasteiger partial charge in [-0.25, -0.2) is 4.39 Å². The Bertz CT molecular complexity index is 991. The van der Waals surface area contributed by atoms with Crippen LogP contribution in [0.15, 0.2) is 24.3 Å². The quantitative estimate of drug-likeness (QED) is 0.733. The molecule has 1 atom stereocenters. The van der Waals surface area contributed by atoms with E-state index in [2.05, 4.69) is 15.5 Å². The fourth-order valence-corrected chi connectivity index (χ4v) is 4.74. The Kier molecular flexibility index (Phi) is 6.55. The summed E-state index contributed by atoms with van der Waals surface area (Å²) < 4.78 is 15.4. The first kappa shape index (κ1) is 22.4. The number of likely N-dealkylation sites (N-methyl/N-ethyl adjacent to an activating group) is 1. The van der Waals surface area contributed by atoms with Crippen LogP contribution in [0.1, 0.15) is 41.3 Å². The van der Waals surface area contributed by atoms with E-state index in [1.54, 1.807) is 12.1 Å². The van der Waals surface area contributed by atoms with Crippen LogP contribution in [0.2, 0.25) is 0 Å². The molecule has 0 aliphatic carbocycles. The van der Waals surface area contributed by atoms with Gasteiger partial charge in [-0.1, -0.05) is 12.1 Å². The van der Waals surface area contributed by atoms with Gasteiger partial charge in [0.2, 0.25) is 11.7 Å². The minimum Gasteiger partial charge on any atom is -0.348 e. The predicted molar refractivity (Wildman–Crippen MR) is 118 cm³/mol. The van der Waals surface area contributed by atoms with Crippen molar-refractivity contribution in [2.75, 3.05) is 40.3 Å². The third-order valence-electron chi connectivity index (χ3n) is 6.66. The molecule has 2 aliphatic heterocycles. The molecule has 1 N–H and O–H groups in total. The number of aromatic nitrogens is 3. The number of fused-ring (bicyclic) bond motifs is 1. The number of hydrogen-bond donors (Lipinski definition) is 1. The number of carbonyl (C=O) groups is 2. The Hall–Kier alpha value is -2.81. The summed E-state index contributed by atoms with van der Waals surface area (Å²) in [5.41, 5.74) is 0.727. The lowest BCUT2D eigenvalue weighted by Gasteiger charge is -2.27. The van der Waals surface area contributed by atoms with E-state index < -0.39 is 0 Å². The van der Waals surface area contributed by atoms with Crippen molar-refractivity contribution in [3.05, 3.63) is 47.3 Å². The van der Waals surface area contributed by atoms with E-state index in [4.69, 9.17) is 0 Å². The van der Waals surface area contributed by atoms with E-state index >= 15 is 0 Å². The lowest BCUT2D eigenvalue weighted by atomic mass is 9.80. The number of nitrogens with zero attached hydrogens (tertiary/aromatic N) is 5. The summed E-state index contributed by atoms with van der Waals surface area (Å²) in [6.07, 6.45) is 3.68. The first-order valence-electron chi connectivity index (χ1n) is 11.2. The number of amides is 2. The molecule has 9 heteroatoms. The number of nitrogens with one attached hydrogen (secondary N) is 1. The molecular weight excluding hydrogens is 411 g/mol. The van der Waals surface area contributed by atoms with Gasteiger partial charge >= 0.3 is 0 Å². The molecule has 0 unspecified atom stereocenters. The molecule has 1 saturated heterocycles. The average molecular weight is 443 g/mol.